The van der Waals surface area contributed by atoms with Crippen molar-refractivity contribution in [1.29, 1.82) is 0 Å². The van der Waals surface area contributed by atoms with Crippen molar-refractivity contribution in [1.82, 2.24) is 3.97 Å². The minimum atomic E-state index is -3.74. The van der Waals surface area contributed by atoms with Crippen molar-refractivity contribution >= 4 is 40.1 Å². The third kappa shape index (κ3) is 3.34. The Morgan fingerprint density at radius 1 is 0.800 bits per heavy atom. The maximum atomic E-state index is 13.5. The van der Waals surface area contributed by atoms with Crippen LogP contribution in [-0.2, 0) is 10.0 Å². The van der Waals surface area contributed by atoms with E-state index in [0.717, 1.165) is 16.5 Å². The number of benzene rings is 3. The number of fused-ring (bicyclic) bond motifs is 3. The average Bonchev–Trinajstić information content (AvgIpc) is 3.02. The van der Waals surface area contributed by atoms with E-state index in [9.17, 15) is 8.42 Å². The maximum Gasteiger partial charge on any atom is 0.268 e. The lowest BCUT2D eigenvalue weighted by molar-refractivity contribution is 0.493. The van der Waals surface area contributed by atoms with Crippen LogP contribution in [0.4, 0.5) is 0 Å². The van der Waals surface area contributed by atoms with Crippen LogP contribution in [0, 0.1) is 0 Å². The standard InChI is InChI=1S/C24H27NO3SSi/c1-24(2,3)30(4,5)28-18-15-16-23-21(17-18)20-13-9-10-14-22(20)25(23)29(26,27)19-11-7-6-8-12-19/h6-17H,1-5H3. The van der Waals surface area contributed by atoms with Gasteiger partial charge in [0.05, 0.1) is 15.9 Å². The fraction of sp³-hybridized carbons (Fsp3) is 0.250. The van der Waals surface area contributed by atoms with Crippen LogP contribution in [0.15, 0.2) is 77.7 Å². The van der Waals surface area contributed by atoms with Crippen molar-refractivity contribution in [2.75, 3.05) is 0 Å². The number of rotatable bonds is 4. The molecule has 0 amide bonds. The summed E-state index contributed by atoms with van der Waals surface area (Å²) in [7, 11) is -5.74. The Hall–Kier alpha value is -2.57. The summed E-state index contributed by atoms with van der Waals surface area (Å²) in [5, 5.41) is 1.85. The van der Waals surface area contributed by atoms with E-state index in [1.165, 1.54) is 3.97 Å². The molecule has 0 saturated heterocycles. The molecule has 0 aliphatic rings. The van der Waals surface area contributed by atoms with E-state index >= 15 is 0 Å². The molecule has 0 N–H and O–H groups in total. The molecule has 0 spiro atoms. The molecular formula is C24H27NO3SSi. The molecule has 4 rings (SSSR count). The third-order valence-corrected chi connectivity index (χ3v) is 12.2. The second-order valence-electron chi connectivity index (χ2n) is 9.14. The van der Waals surface area contributed by atoms with Gasteiger partial charge in [0.1, 0.15) is 5.75 Å². The Labute approximate surface area is 179 Å². The van der Waals surface area contributed by atoms with Gasteiger partial charge in [0.15, 0.2) is 0 Å². The number of hydrogen-bond acceptors (Lipinski definition) is 3. The molecular weight excluding hydrogens is 410 g/mol. The second-order valence-corrected chi connectivity index (χ2v) is 15.7. The van der Waals surface area contributed by atoms with Crippen molar-refractivity contribution in [3.8, 4) is 5.75 Å². The van der Waals surface area contributed by atoms with E-state index < -0.39 is 18.3 Å². The maximum absolute atomic E-state index is 13.5. The summed E-state index contributed by atoms with van der Waals surface area (Å²) in [6.45, 7) is 11.0. The van der Waals surface area contributed by atoms with Crippen molar-refractivity contribution in [3.05, 3.63) is 72.8 Å². The molecule has 4 nitrogen and oxygen atoms in total. The third-order valence-electron chi connectivity index (χ3n) is 6.06. The van der Waals surface area contributed by atoms with E-state index in [1.807, 2.05) is 48.5 Å². The molecule has 0 bridgehead atoms. The first-order valence-corrected chi connectivity index (χ1v) is 14.4. The fourth-order valence-corrected chi connectivity index (χ4v) is 5.95. The van der Waals surface area contributed by atoms with Crippen molar-refractivity contribution in [2.24, 2.45) is 0 Å². The Morgan fingerprint density at radius 3 is 2.07 bits per heavy atom. The van der Waals surface area contributed by atoms with Gasteiger partial charge in [-0.05, 0) is 54.5 Å². The molecule has 4 aromatic rings. The van der Waals surface area contributed by atoms with Gasteiger partial charge in [-0.15, -0.1) is 0 Å². The summed E-state index contributed by atoms with van der Waals surface area (Å²) in [5.74, 6) is 0.786. The Morgan fingerprint density at radius 2 is 1.40 bits per heavy atom. The van der Waals surface area contributed by atoms with Gasteiger partial charge < -0.3 is 4.43 Å². The highest BCUT2D eigenvalue weighted by molar-refractivity contribution is 7.90. The summed E-state index contributed by atoms with van der Waals surface area (Å²) in [4.78, 5) is 0.272. The largest absolute Gasteiger partial charge is 0.543 e. The smallest absolute Gasteiger partial charge is 0.268 e. The quantitative estimate of drug-likeness (QED) is 0.346. The molecule has 0 fully saturated rings. The van der Waals surface area contributed by atoms with Gasteiger partial charge in [-0.2, -0.15) is 0 Å². The van der Waals surface area contributed by atoms with Crippen molar-refractivity contribution in [3.63, 3.8) is 0 Å². The molecule has 30 heavy (non-hydrogen) atoms. The lowest BCUT2D eigenvalue weighted by Gasteiger charge is -2.36. The molecule has 0 unspecified atom stereocenters. The summed E-state index contributed by atoms with van der Waals surface area (Å²) >= 11 is 0. The first kappa shape index (κ1) is 20.7. The minimum absolute atomic E-state index is 0.0760. The summed E-state index contributed by atoms with van der Waals surface area (Å²) < 4.78 is 34.9. The fourth-order valence-electron chi connectivity index (χ4n) is 3.38. The van der Waals surface area contributed by atoms with Gasteiger partial charge in [0, 0.05) is 10.8 Å². The molecule has 0 saturated carbocycles. The predicted molar refractivity (Wildman–Crippen MR) is 126 cm³/mol. The van der Waals surface area contributed by atoms with Gasteiger partial charge in [0.25, 0.3) is 10.0 Å². The zero-order valence-corrected chi connectivity index (χ0v) is 19.8. The molecule has 6 heteroatoms. The van der Waals surface area contributed by atoms with E-state index in [4.69, 9.17) is 4.43 Å². The summed E-state index contributed by atoms with van der Waals surface area (Å²) in [6.07, 6.45) is 0. The monoisotopic (exact) mass is 437 g/mol. The minimum Gasteiger partial charge on any atom is -0.543 e. The van der Waals surface area contributed by atoms with Gasteiger partial charge in [-0.3, -0.25) is 0 Å². The summed E-state index contributed by atoms with van der Waals surface area (Å²) in [5.41, 5.74) is 1.32. The second kappa shape index (κ2) is 6.99. The molecule has 0 radical (unpaired) electrons. The van der Waals surface area contributed by atoms with Crippen LogP contribution < -0.4 is 4.43 Å². The summed E-state index contributed by atoms with van der Waals surface area (Å²) in [6, 6.07) is 21.9. The normalized spacial score (nSPS) is 13.1. The molecule has 1 heterocycles. The highest BCUT2D eigenvalue weighted by Gasteiger charge is 2.39. The van der Waals surface area contributed by atoms with E-state index in [2.05, 4.69) is 33.9 Å². The highest BCUT2D eigenvalue weighted by atomic mass is 32.2. The average molecular weight is 438 g/mol. The number of aromatic nitrogens is 1. The van der Waals surface area contributed by atoms with Crippen molar-refractivity contribution < 1.29 is 12.8 Å². The van der Waals surface area contributed by atoms with Crippen LogP contribution in [0.3, 0.4) is 0 Å². The molecule has 1 aromatic heterocycles. The zero-order chi connectivity index (χ0) is 21.7. The SMILES string of the molecule is CC(C)(C)[Si](C)(C)Oc1ccc2c(c1)c1ccccc1n2S(=O)(=O)c1ccccc1. The van der Waals surface area contributed by atoms with Gasteiger partial charge in [-0.25, -0.2) is 12.4 Å². The molecule has 0 atom stereocenters. The Kier molecular flexibility index (Phi) is 4.82. The van der Waals surface area contributed by atoms with E-state index in [-0.39, 0.29) is 9.93 Å². The number of para-hydroxylation sites is 1. The number of nitrogens with zero attached hydrogens (tertiary/aromatic N) is 1. The van der Waals surface area contributed by atoms with Crippen LogP contribution in [0.5, 0.6) is 5.75 Å². The van der Waals surface area contributed by atoms with E-state index in [0.29, 0.717) is 11.0 Å². The zero-order valence-electron chi connectivity index (χ0n) is 18.0. The molecule has 156 valence electrons. The van der Waals surface area contributed by atoms with Crippen LogP contribution in [0.1, 0.15) is 20.8 Å². The molecule has 0 aliphatic heterocycles. The Balaban J connectivity index is 1.95. The lowest BCUT2D eigenvalue weighted by Crippen LogP contribution is -2.43. The van der Waals surface area contributed by atoms with Crippen LogP contribution in [-0.4, -0.2) is 20.7 Å². The lowest BCUT2D eigenvalue weighted by atomic mass is 10.1. The van der Waals surface area contributed by atoms with Gasteiger partial charge in [0.2, 0.25) is 8.32 Å². The molecule has 3 aromatic carbocycles. The van der Waals surface area contributed by atoms with Gasteiger partial charge in [-0.1, -0.05) is 57.2 Å². The molecule has 0 aliphatic carbocycles. The topological polar surface area (TPSA) is 48.3 Å². The first-order chi connectivity index (χ1) is 14.0. The Bertz CT molecular complexity index is 1330. The highest BCUT2D eigenvalue weighted by Crippen LogP contribution is 2.39. The number of hydrogen-bond donors (Lipinski definition) is 0. The predicted octanol–water partition coefficient (Wildman–Crippen LogP) is 6.42. The van der Waals surface area contributed by atoms with E-state index in [1.54, 1.807) is 24.3 Å². The first-order valence-electron chi connectivity index (χ1n) is 10.1. The van der Waals surface area contributed by atoms with Gasteiger partial charge >= 0.3 is 0 Å². The van der Waals surface area contributed by atoms with Crippen LogP contribution in [0.2, 0.25) is 18.1 Å². The van der Waals surface area contributed by atoms with Crippen LogP contribution >= 0.6 is 0 Å². The van der Waals surface area contributed by atoms with Crippen molar-refractivity contribution in [2.45, 2.75) is 43.8 Å². The van der Waals surface area contributed by atoms with Crippen LogP contribution in [0.25, 0.3) is 21.8 Å².